The molecule has 0 aromatic heterocycles. The van der Waals surface area contributed by atoms with Gasteiger partial charge < -0.3 is 10.2 Å². The molecule has 1 atom stereocenters. The Morgan fingerprint density at radius 3 is 2.75 bits per heavy atom. The first-order valence-electron chi connectivity index (χ1n) is 6.72. The molecule has 1 aliphatic heterocycles. The maximum atomic E-state index is 13.5. The van der Waals surface area contributed by atoms with E-state index in [0.717, 1.165) is 29.8 Å². The Hall–Kier alpha value is -1.39. The van der Waals surface area contributed by atoms with Crippen LogP contribution < -0.4 is 10.2 Å². The lowest BCUT2D eigenvalue weighted by Crippen LogP contribution is -2.46. The van der Waals surface area contributed by atoms with Crippen molar-refractivity contribution in [3.05, 3.63) is 64.4 Å². The van der Waals surface area contributed by atoms with Crippen LogP contribution in [0.15, 0.2) is 53.0 Å². The molecule has 104 valence electrons. The molecule has 1 fully saturated rings. The van der Waals surface area contributed by atoms with Crippen molar-refractivity contribution < 1.29 is 4.39 Å². The van der Waals surface area contributed by atoms with Crippen molar-refractivity contribution in [3.63, 3.8) is 0 Å². The number of halogens is 2. The van der Waals surface area contributed by atoms with Crippen molar-refractivity contribution in [2.75, 3.05) is 24.5 Å². The van der Waals surface area contributed by atoms with Crippen LogP contribution in [0, 0.1) is 5.82 Å². The maximum Gasteiger partial charge on any atom is 0.125 e. The second-order valence-electron chi connectivity index (χ2n) is 4.96. The van der Waals surface area contributed by atoms with Crippen molar-refractivity contribution in [2.45, 2.75) is 6.04 Å². The van der Waals surface area contributed by atoms with Crippen molar-refractivity contribution in [2.24, 2.45) is 0 Å². The number of hydrogen-bond acceptors (Lipinski definition) is 2. The maximum absolute atomic E-state index is 13.5. The van der Waals surface area contributed by atoms with E-state index in [9.17, 15) is 4.39 Å². The van der Waals surface area contributed by atoms with Crippen LogP contribution in [0.5, 0.6) is 0 Å². The molecular formula is C16H16BrFN2. The molecular weight excluding hydrogens is 319 g/mol. The summed E-state index contributed by atoms with van der Waals surface area (Å²) >= 11 is 3.51. The van der Waals surface area contributed by atoms with E-state index >= 15 is 0 Å². The summed E-state index contributed by atoms with van der Waals surface area (Å²) in [7, 11) is 0. The molecule has 2 aromatic carbocycles. The van der Waals surface area contributed by atoms with E-state index < -0.39 is 0 Å². The van der Waals surface area contributed by atoms with Gasteiger partial charge in [-0.05, 0) is 39.7 Å². The molecule has 4 heteroatoms. The molecule has 0 amide bonds. The molecule has 0 spiro atoms. The number of benzene rings is 2. The fraction of sp³-hybridized carbons (Fsp3) is 0.250. The van der Waals surface area contributed by atoms with Crippen molar-refractivity contribution in [1.29, 1.82) is 0 Å². The van der Waals surface area contributed by atoms with Gasteiger partial charge in [-0.1, -0.05) is 30.3 Å². The Kier molecular flexibility index (Phi) is 4.03. The summed E-state index contributed by atoms with van der Waals surface area (Å²) in [5.41, 5.74) is 2.19. The van der Waals surface area contributed by atoms with Crippen LogP contribution in [0.2, 0.25) is 0 Å². The summed E-state index contributed by atoms with van der Waals surface area (Å²) in [5, 5.41) is 3.52. The summed E-state index contributed by atoms with van der Waals surface area (Å²) in [6.45, 7) is 2.61. The average Bonchev–Trinajstić information content (AvgIpc) is 2.51. The molecule has 3 rings (SSSR count). The van der Waals surface area contributed by atoms with Crippen LogP contribution in [-0.2, 0) is 0 Å². The molecule has 0 radical (unpaired) electrons. The Labute approximate surface area is 126 Å². The van der Waals surface area contributed by atoms with E-state index in [1.54, 1.807) is 12.1 Å². The highest BCUT2D eigenvalue weighted by Gasteiger charge is 2.22. The average molecular weight is 335 g/mol. The molecule has 1 aliphatic rings. The quantitative estimate of drug-likeness (QED) is 0.899. The van der Waals surface area contributed by atoms with Crippen molar-refractivity contribution in [3.8, 4) is 0 Å². The third kappa shape index (κ3) is 2.86. The predicted octanol–water partition coefficient (Wildman–Crippen LogP) is 3.74. The van der Waals surface area contributed by atoms with E-state index in [1.807, 2.05) is 18.2 Å². The van der Waals surface area contributed by atoms with Gasteiger partial charge in [-0.2, -0.15) is 0 Å². The Bertz CT molecular complexity index is 588. The van der Waals surface area contributed by atoms with E-state index in [2.05, 4.69) is 38.3 Å². The number of piperazine rings is 1. The first kappa shape index (κ1) is 13.6. The van der Waals surface area contributed by atoms with Gasteiger partial charge in [0.05, 0.1) is 5.69 Å². The van der Waals surface area contributed by atoms with Gasteiger partial charge in [0, 0.05) is 30.1 Å². The molecule has 1 saturated heterocycles. The van der Waals surface area contributed by atoms with Gasteiger partial charge in [0.1, 0.15) is 5.82 Å². The molecule has 0 aliphatic carbocycles. The zero-order chi connectivity index (χ0) is 13.9. The first-order chi connectivity index (χ1) is 9.74. The molecule has 1 heterocycles. The summed E-state index contributed by atoms with van der Waals surface area (Å²) < 4.78 is 14.4. The van der Waals surface area contributed by atoms with Crippen LogP contribution in [0.25, 0.3) is 0 Å². The van der Waals surface area contributed by atoms with Gasteiger partial charge in [0.25, 0.3) is 0 Å². The van der Waals surface area contributed by atoms with Crippen molar-refractivity contribution >= 4 is 21.6 Å². The third-order valence-electron chi connectivity index (χ3n) is 3.63. The van der Waals surface area contributed by atoms with Crippen LogP contribution in [-0.4, -0.2) is 19.6 Å². The topological polar surface area (TPSA) is 15.3 Å². The lowest BCUT2D eigenvalue weighted by molar-refractivity contribution is 0.471. The van der Waals surface area contributed by atoms with Crippen LogP contribution in [0.1, 0.15) is 11.6 Å². The van der Waals surface area contributed by atoms with Crippen LogP contribution in [0.4, 0.5) is 10.1 Å². The smallest absolute Gasteiger partial charge is 0.125 e. The summed E-state index contributed by atoms with van der Waals surface area (Å²) in [6.07, 6.45) is 0. The molecule has 1 N–H and O–H groups in total. The highest BCUT2D eigenvalue weighted by atomic mass is 79.9. The fourth-order valence-electron chi connectivity index (χ4n) is 2.61. The van der Waals surface area contributed by atoms with Gasteiger partial charge >= 0.3 is 0 Å². The van der Waals surface area contributed by atoms with E-state index in [1.165, 1.54) is 11.6 Å². The zero-order valence-electron chi connectivity index (χ0n) is 11.0. The van der Waals surface area contributed by atoms with Gasteiger partial charge in [0.15, 0.2) is 0 Å². The second-order valence-corrected chi connectivity index (χ2v) is 5.81. The molecule has 20 heavy (non-hydrogen) atoms. The van der Waals surface area contributed by atoms with Crippen molar-refractivity contribution in [1.82, 2.24) is 5.32 Å². The lowest BCUT2D eigenvalue weighted by atomic mass is 10.0. The zero-order valence-corrected chi connectivity index (χ0v) is 12.6. The molecule has 0 saturated carbocycles. The number of rotatable bonds is 2. The molecule has 2 nitrogen and oxygen atoms in total. The minimum Gasteiger partial charge on any atom is -0.367 e. The first-order valence-corrected chi connectivity index (χ1v) is 7.51. The monoisotopic (exact) mass is 334 g/mol. The van der Waals surface area contributed by atoms with Crippen LogP contribution in [0.3, 0.4) is 0 Å². The van der Waals surface area contributed by atoms with Gasteiger partial charge in [0.2, 0.25) is 0 Å². The summed E-state index contributed by atoms with van der Waals surface area (Å²) in [4.78, 5) is 2.22. The van der Waals surface area contributed by atoms with E-state index in [0.29, 0.717) is 0 Å². The highest BCUT2D eigenvalue weighted by Crippen LogP contribution is 2.30. The van der Waals surface area contributed by atoms with Crippen LogP contribution >= 0.6 is 15.9 Å². The third-order valence-corrected chi connectivity index (χ3v) is 4.30. The summed E-state index contributed by atoms with van der Waals surface area (Å²) in [5.74, 6) is -0.196. The number of nitrogens with one attached hydrogen (secondary N) is 1. The lowest BCUT2D eigenvalue weighted by Gasteiger charge is -2.36. The van der Waals surface area contributed by atoms with Gasteiger partial charge in [-0.15, -0.1) is 0 Å². The minimum atomic E-state index is -0.196. The number of anilines is 1. The molecule has 0 bridgehead atoms. The Morgan fingerprint density at radius 2 is 1.95 bits per heavy atom. The van der Waals surface area contributed by atoms with E-state index in [-0.39, 0.29) is 11.9 Å². The van der Waals surface area contributed by atoms with Gasteiger partial charge in [-0.25, -0.2) is 4.39 Å². The summed E-state index contributed by atoms with van der Waals surface area (Å²) in [6, 6.07) is 15.5. The SMILES string of the molecule is Fc1ccc(Br)c(N2CCNC(c3ccccc3)C2)c1. The predicted molar refractivity (Wildman–Crippen MR) is 83.5 cm³/mol. The Morgan fingerprint density at radius 1 is 1.15 bits per heavy atom. The fourth-order valence-corrected chi connectivity index (χ4v) is 3.10. The largest absolute Gasteiger partial charge is 0.367 e. The molecule has 2 aromatic rings. The molecule has 1 unspecified atom stereocenters. The number of hydrogen-bond donors (Lipinski definition) is 1. The normalized spacial score (nSPS) is 19.1. The second kappa shape index (κ2) is 5.94. The Balaban J connectivity index is 1.83. The minimum absolute atomic E-state index is 0.196. The highest BCUT2D eigenvalue weighted by molar-refractivity contribution is 9.10. The number of nitrogens with zero attached hydrogens (tertiary/aromatic N) is 1. The standard InChI is InChI=1S/C16H16BrFN2/c17-14-7-6-13(18)10-16(14)20-9-8-19-15(11-20)12-4-2-1-3-5-12/h1-7,10,15,19H,8-9,11H2. The van der Waals surface area contributed by atoms with Gasteiger partial charge in [-0.3, -0.25) is 0 Å². The van der Waals surface area contributed by atoms with E-state index in [4.69, 9.17) is 0 Å².